The van der Waals surface area contributed by atoms with Crippen LogP contribution in [0.5, 0.6) is 0 Å². The number of nitrogens with one attached hydrogen (secondary N) is 1. The molecule has 1 N–H and O–H groups in total. The molecule has 1 amide bonds. The summed E-state index contributed by atoms with van der Waals surface area (Å²) in [7, 11) is 0. The molecule has 0 aliphatic carbocycles. The molecule has 2 aromatic rings. The molecule has 0 bridgehead atoms. The lowest BCUT2D eigenvalue weighted by molar-refractivity contribution is 0.0312. The standard InChI is InChI=1S/C17H22N4O3/c1-12(2)15-16(19-6-5-18-15)20-17(22)14-4-3-13(24-14)11-21-7-9-23-10-8-21/h3-6,12H,7-11H2,1-2H3,(H,19,20,22). The highest BCUT2D eigenvalue weighted by Crippen LogP contribution is 2.20. The summed E-state index contributed by atoms with van der Waals surface area (Å²) in [4.78, 5) is 23.1. The summed E-state index contributed by atoms with van der Waals surface area (Å²) >= 11 is 0. The molecule has 0 aromatic carbocycles. The zero-order valence-electron chi connectivity index (χ0n) is 14.0. The number of ether oxygens (including phenoxy) is 1. The molecule has 0 saturated carbocycles. The summed E-state index contributed by atoms with van der Waals surface area (Å²) in [5, 5.41) is 2.79. The van der Waals surface area contributed by atoms with Crippen molar-refractivity contribution < 1.29 is 13.9 Å². The van der Waals surface area contributed by atoms with Gasteiger partial charge in [0.2, 0.25) is 0 Å². The van der Waals surface area contributed by atoms with Gasteiger partial charge in [0.25, 0.3) is 5.91 Å². The minimum absolute atomic E-state index is 0.169. The van der Waals surface area contributed by atoms with Gasteiger partial charge >= 0.3 is 0 Å². The number of hydrogen-bond acceptors (Lipinski definition) is 6. The normalized spacial score (nSPS) is 15.6. The lowest BCUT2D eigenvalue weighted by Gasteiger charge is -2.25. The predicted molar refractivity (Wildman–Crippen MR) is 88.9 cm³/mol. The topological polar surface area (TPSA) is 80.5 Å². The molecule has 0 spiro atoms. The molecular weight excluding hydrogens is 308 g/mol. The van der Waals surface area contributed by atoms with Crippen molar-refractivity contribution in [3.05, 3.63) is 41.7 Å². The maximum atomic E-state index is 12.4. The van der Waals surface area contributed by atoms with Crippen LogP contribution in [0.3, 0.4) is 0 Å². The van der Waals surface area contributed by atoms with Crippen LogP contribution in [0.25, 0.3) is 0 Å². The number of morpholine rings is 1. The molecule has 24 heavy (non-hydrogen) atoms. The second kappa shape index (κ2) is 7.55. The quantitative estimate of drug-likeness (QED) is 0.906. The van der Waals surface area contributed by atoms with Gasteiger partial charge in [-0.2, -0.15) is 0 Å². The molecule has 1 aliphatic rings. The molecule has 1 fully saturated rings. The largest absolute Gasteiger partial charge is 0.455 e. The zero-order chi connectivity index (χ0) is 16.9. The summed E-state index contributed by atoms with van der Waals surface area (Å²) in [6.07, 6.45) is 3.19. The number of carbonyl (C=O) groups is 1. The Morgan fingerprint density at radius 3 is 2.75 bits per heavy atom. The van der Waals surface area contributed by atoms with Crippen molar-refractivity contribution in [3.63, 3.8) is 0 Å². The summed E-state index contributed by atoms with van der Waals surface area (Å²) < 4.78 is 11.0. The molecule has 0 radical (unpaired) electrons. The number of rotatable bonds is 5. The molecule has 128 valence electrons. The van der Waals surface area contributed by atoms with Gasteiger partial charge in [0.15, 0.2) is 11.6 Å². The van der Waals surface area contributed by atoms with Crippen molar-refractivity contribution in [2.75, 3.05) is 31.6 Å². The molecule has 7 nitrogen and oxygen atoms in total. The number of nitrogens with zero attached hydrogens (tertiary/aromatic N) is 3. The van der Waals surface area contributed by atoms with Gasteiger partial charge in [0.05, 0.1) is 25.5 Å². The van der Waals surface area contributed by atoms with Crippen LogP contribution >= 0.6 is 0 Å². The zero-order valence-corrected chi connectivity index (χ0v) is 14.0. The van der Waals surface area contributed by atoms with Crippen molar-refractivity contribution >= 4 is 11.7 Å². The Hall–Kier alpha value is -2.25. The smallest absolute Gasteiger partial charge is 0.292 e. The minimum atomic E-state index is -0.314. The molecule has 1 aliphatic heterocycles. The van der Waals surface area contributed by atoms with E-state index >= 15 is 0 Å². The summed E-state index contributed by atoms with van der Waals surface area (Å²) in [5.74, 6) is 1.38. The number of anilines is 1. The van der Waals surface area contributed by atoms with Crippen LogP contribution in [0.4, 0.5) is 5.82 Å². The highest BCUT2D eigenvalue weighted by atomic mass is 16.5. The predicted octanol–water partition coefficient (Wildman–Crippen LogP) is 2.28. The molecule has 7 heteroatoms. The first kappa shape index (κ1) is 16.6. The number of aromatic nitrogens is 2. The van der Waals surface area contributed by atoms with Crippen LogP contribution < -0.4 is 5.32 Å². The molecule has 0 unspecified atom stereocenters. The SMILES string of the molecule is CC(C)c1nccnc1NC(=O)c1ccc(CN2CCOCC2)o1. The van der Waals surface area contributed by atoms with Gasteiger partial charge in [0, 0.05) is 25.5 Å². The van der Waals surface area contributed by atoms with Crippen LogP contribution in [-0.4, -0.2) is 47.1 Å². The highest BCUT2D eigenvalue weighted by Gasteiger charge is 2.18. The van der Waals surface area contributed by atoms with E-state index < -0.39 is 0 Å². The lowest BCUT2D eigenvalue weighted by Crippen LogP contribution is -2.35. The van der Waals surface area contributed by atoms with Crippen molar-refractivity contribution in [2.24, 2.45) is 0 Å². The van der Waals surface area contributed by atoms with Gasteiger partial charge in [-0.25, -0.2) is 4.98 Å². The van der Waals surface area contributed by atoms with Crippen LogP contribution in [0.1, 0.15) is 41.8 Å². The van der Waals surface area contributed by atoms with Crippen molar-refractivity contribution in [1.82, 2.24) is 14.9 Å². The van der Waals surface area contributed by atoms with Gasteiger partial charge in [-0.15, -0.1) is 0 Å². The summed E-state index contributed by atoms with van der Waals surface area (Å²) in [6, 6.07) is 3.53. The number of amides is 1. The van der Waals surface area contributed by atoms with Gasteiger partial charge in [-0.05, 0) is 18.1 Å². The second-order valence-corrected chi connectivity index (χ2v) is 6.05. The van der Waals surface area contributed by atoms with Crippen LogP contribution in [-0.2, 0) is 11.3 Å². The summed E-state index contributed by atoms with van der Waals surface area (Å²) in [5.41, 5.74) is 0.756. The van der Waals surface area contributed by atoms with E-state index in [1.54, 1.807) is 18.5 Å². The Bertz CT molecular complexity index is 693. The maximum Gasteiger partial charge on any atom is 0.292 e. The maximum absolute atomic E-state index is 12.4. The number of hydrogen-bond donors (Lipinski definition) is 1. The van der Waals surface area contributed by atoms with Crippen LogP contribution in [0, 0.1) is 0 Å². The molecule has 2 aromatic heterocycles. The lowest BCUT2D eigenvalue weighted by atomic mass is 10.1. The van der Waals surface area contributed by atoms with E-state index in [1.165, 1.54) is 0 Å². The van der Waals surface area contributed by atoms with E-state index in [1.807, 2.05) is 19.9 Å². The average molecular weight is 330 g/mol. The summed E-state index contributed by atoms with van der Waals surface area (Å²) in [6.45, 7) is 7.91. The van der Waals surface area contributed by atoms with E-state index in [4.69, 9.17) is 9.15 Å². The third kappa shape index (κ3) is 3.98. The van der Waals surface area contributed by atoms with Gasteiger partial charge in [-0.3, -0.25) is 14.7 Å². The van der Waals surface area contributed by atoms with E-state index in [-0.39, 0.29) is 17.6 Å². The average Bonchev–Trinajstić information content (AvgIpc) is 3.05. The first-order chi connectivity index (χ1) is 11.6. The Labute approximate surface area is 141 Å². The minimum Gasteiger partial charge on any atom is -0.455 e. The first-order valence-corrected chi connectivity index (χ1v) is 8.14. The Kier molecular flexibility index (Phi) is 5.22. The van der Waals surface area contributed by atoms with Gasteiger partial charge < -0.3 is 14.5 Å². The number of carbonyl (C=O) groups excluding carboxylic acids is 1. The third-order valence-corrected chi connectivity index (χ3v) is 3.87. The van der Waals surface area contributed by atoms with E-state index in [0.29, 0.717) is 12.4 Å². The van der Waals surface area contributed by atoms with Crippen molar-refractivity contribution in [3.8, 4) is 0 Å². The molecule has 1 saturated heterocycles. The van der Waals surface area contributed by atoms with E-state index in [0.717, 1.165) is 37.8 Å². The van der Waals surface area contributed by atoms with Gasteiger partial charge in [-0.1, -0.05) is 13.8 Å². The van der Waals surface area contributed by atoms with Crippen molar-refractivity contribution in [2.45, 2.75) is 26.3 Å². The molecule has 3 rings (SSSR count). The molecule has 3 heterocycles. The highest BCUT2D eigenvalue weighted by molar-refractivity contribution is 6.02. The van der Waals surface area contributed by atoms with Crippen LogP contribution in [0.2, 0.25) is 0 Å². The number of furan rings is 1. The molecular formula is C17H22N4O3. The monoisotopic (exact) mass is 330 g/mol. The molecule has 0 atom stereocenters. The Morgan fingerprint density at radius 1 is 1.25 bits per heavy atom. The fourth-order valence-electron chi connectivity index (χ4n) is 2.60. The fraction of sp³-hybridized carbons (Fsp3) is 0.471. The fourth-order valence-corrected chi connectivity index (χ4v) is 2.60. The second-order valence-electron chi connectivity index (χ2n) is 6.05. The van der Waals surface area contributed by atoms with E-state index in [9.17, 15) is 4.79 Å². The Morgan fingerprint density at radius 2 is 2.00 bits per heavy atom. The van der Waals surface area contributed by atoms with Crippen molar-refractivity contribution in [1.29, 1.82) is 0 Å². The Balaban J connectivity index is 1.65. The van der Waals surface area contributed by atoms with E-state index in [2.05, 4.69) is 20.2 Å². The first-order valence-electron chi connectivity index (χ1n) is 8.14. The third-order valence-electron chi connectivity index (χ3n) is 3.87. The van der Waals surface area contributed by atoms with Crippen LogP contribution in [0.15, 0.2) is 28.9 Å². The van der Waals surface area contributed by atoms with Gasteiger partial charge in [0.1, 0.15) is 5.76 Å².